The summed E-state index contributed by atoms with van der Waals surface area (Å²) in [6, 6.07) is 16.4. The van der Waals surface area contributed by atoms with Gasteiger partial charge in [0, 0.05) is 29.1 Å². The van der Waals surface area contributed by atoms with E-state index >= 15 is 0 Å². The first kappa shape index (κ1) is 11.4. The fourth-order valence-electron chi connectivity index (χ4n) is 2.96. The second-order valence-corrected chi connectivity index (χ2v) is 5.18. The number of Topliss-reactive ketones (excluding diaryl/α,β-unsaturated/α-hetero) is 1. The van der Waals surface area contributed by atoms with Gasteiger partial charge in [-0.25, -0.2) is 0 Å². The van der Waals surface area contributed by atoms with Gasteiger partial charge in [0.2, 0.25) is 0 Å². The third-order valence-corrected chi connectivity index (χ3v) is 3.97. The van der Waals surface area contributed by atoms with E-state index in [1.807, 2.05) is 24.4 Å². The van der Waals surface area contributed by atoms with Gasteiger partial charge >= 0.3 is 0 Å². The van der Waals surface area contributed by atoms with Crippen LogP contribution in [-0.2, 0) is 6.42 Å². The molecular weight excluding hydrogens is 246 g/mol. The normalized spacial score (nSPS) is 13.7. The number of pyridine rings is 1. The van der Waals surface area contributed by atoms with E-state index < -0.39 is 0 Å². The molecule has 0 fully saturated rings. The molecule has 0 atom stereocenters. The Kier molecular flexibility index (Phi) is 2.43. The Labute approximate surface area is 117 Å². The average molecular weight is 259 g/mol. The van der Waals surface area contributed by atoms with Crippen LogP contribution in [-0.4, -0.2) is 10.8 Å². The van der Waals surface area contributed by atoms with Crippen LogP contribution in [0.4, 0.5) is 0 Å². The quantitative estimate of drug-likeness (QED) is 0.660. The first-order chi connectivity index (χ1) is 9.83. The van der Waals surface area contributed by atoms with Gasteiger partial charge in [0.25, 0.3) is 0 Å². The number of carbonyl (C=O) groups excluding carboxylic acids is 1. The number of hydrogen-bond acceptors (Lipinski definition) is 2. The van der Waals surface area contributed by atoms with Crippen LogP contribution < -0.4 is 0 Å². The Bertz CT molecular complexity index is 830. The Morgan fingerprint density at radius 2 is 1.80 bits per heavy atom. The van der Waals surface area contributed by atoms with Crippen LogP contribution in [0.1, 0.15) is 22.3 Å². The molecule has 1 aromatic heterocycles. The van der Waals surface area contributed by atoms with Crippen molar-refractivity contribution in [2.75, 3.05) is 0 Å². The van der Waals surface area contributed by atoms with Gasteiger partial charge in [0.05, 0.1) is 5.52 Å². The zero-order chi connectivity index (χ0) is 13.5. The first-order valence-electron chi connectivity index (χ1n) is 6.83. The fraction of sp³-hybridized carbons (Fsp3) is 0.111. The van der Waals surface area contributed by atoms with E-state index in [0.717, 1.165) is 34.0 Å². The zero-order valence-corrected chi connectivity index (χ0v) is 11.0. The van der Waals surface area contributed by atoms with E-state index in [1.165, 1.54) is 5.56 Å². The zero-order valence-electron chi connectivity index (χ0n) is 11.0. The monoisotopic (exact) mass is 259 g/mol. The molecule has 1 heterocycles. The summed E-state index contributed by atoms with van der Waals surface area (Å²) < 4.78 is 0. The van der Waals surface area contributed by atoms with Crippen molar-refractivity contribution >= 4 is 16.7 Å². The molecule has 0 radical (unpaired) electrons. The molecular formula is C18H13NO. The van der Waals surface area contributed by atoms with Gasteiger partial charge in [-0.05, 0) is 23.6 Å². The van der Waals surface area contributed by atoms with Crippen molar-refractivity contribution in [3.8, 4) is 11.1 Å². The first-order valence-corrected chi connectivity index (χ1v) is 6.83. The lowest BCUT2D eigenvalue weighted by Crippen LogP contribution is -1.91. The Balaban J connectivity index is 1.94. The van der Waals surface area contributed by atoms with Crippen molar-refractivity contribution < 1.29 is 4.79 Å². The number of carbonyl (C=O) groups is 1. The molecule has 2 nitrogen and oxygen atoms in total. The molecule has 2 heteroatoms. The number of benzene rings is 2. The van der Waals surface area contributed by atoms with Crippen molar-refractivity contribution in [1.29, 1.82) is 0 Å². The van der Waals surface area contributed by atoms with Crippen LogP contribution >= 0.6 is 0 Å². The molecule has 96 valence electrons. The number of ketones is 1. The highest BCUT2D eigenvalue weighted by molar-refractivity contribution is 6.01. The van der Waals surface area contributed by atoms with Crippen LogP contribution in [0.25, 0.3) is 22.0 Å². The molecule has 3 aromatic rings. The number of rotatable bonds is 1. The molecule has 0 spiro atoms. The van der Waals surface area contributed by atoms with Gasteiger partial charge in [-0.15, -0.1) is 0 Å². The molecule has 1 aliphatic carbocycles. The summed E-state index contributed by atoms with van der Waals surface area (Å²) in [4.78, 5) is 16.2. The minimum Gasteiger partial charge on any atom is -0.294 e. The maximum absolute atomic E-state index is 11.7. The highest BCUT2D eigenvalue weighted by Crippen LogP contribution is 2.31. The summed E-state index contributed by atoms with van der Waals surface area (Å²) in [6.07, 6.45) is 3.33. The van der Waals surface area contributed by atoms with E-state index in [1.54, 1.807) is 0 Å². The van der Waals surface area contributed by atoms with Gasteiger partial charge in [-0.2, -0.15) is 0 Å². The molecule has 0 saturated carbocycles. The third kappa shape index (κ3) is 1.65. The molecule has 0 amide bonds. The lowest BCUT2D eigenvalue weighted by Gasteiger charge is -2.07. The molecule has 0 aliphatic heterocycles. The third-order valence-electron chi connectivity index (χ3n) is 3.97. The molecule has 0 N–H and O–H groups in total. The lowest BCUT2D eigenvalue weighted by atomic mass is 9.98. The van der Waals surface area contributed by atoms with Crippen molar-refractivity contribution in [1.82, 2.24) is 4.98 Å². The summed E-state index contributed by atoms with van der Waals surface area (Å²) >= 11 is 0. The number of fused-ring (bicyclic) bond motifs is 2. The van der Waals surface area contributed by atoms with E-state index in [4.69, 9.17) is 0 Å². The Morgan fingerprint density at radius 3 is 2.75 bits per heavy atom. The summed E-state index contributed by atoms with van der Waals surface area (Å²) in [5, 5.41) is 1.14. The average Bonchev–Trinajstić information content (AvgIpc) is 2.87. The molecule has 2 aromatic carbocycles. The van der Waals surface area contributed by atoms with Crippen LogP contribution in [0.15, 0.2) is 54.7 Å². The number of para-hydroxylation sites is 1. The van der Waals surface area contributed by atoms with Crippen LogP contribution in [0.5, 0.6) is 0 Å². The topological polar surface area (TPSA) is 30.0 Å². The van der Waals surface area contributed by atoms with Crippen LogP contribution in [0.2, 0.25) is 0 Å². The van der Waals surface area contributed by atoms with Crippen LogP contribution in [0.3, 0.4) is 0 Å². The van der Waals surface area contributed by atoms with Crippen molar-refractivity contribution in [2.45, 2.75) is 12.8 Å². The SMILES string of the molecule is O=C1CCc2cc(-c3cccc4cccnc34)ccc21. The second-order valence-electron chi connectivity index (χ2n) is 5.18. The summed E-state index contributed by atoms with van der Waals surface area (Å²) in [5.74, 6) is 0.266. The highest BCUT2D eigenvalue weighted by atomic mass is 16.1. The Hall–Kier alpha value is -2.48. The van der Waals surface area contributed by atoms with Crippen molar-refractivity contribution in [3.05, 3.63) is 65.9 Å². The van der Waals surface area contributed by atoms with Gasteiger partial charge in [0.1, 0.15) is 0 Å². The van der Waals surface area contributed by atoms with E-state index in [0.29, 0.717) is 6.42 Å². The highest BCUT2D eigenvalue weighted by Gasteiger charge is 2.19. The van der Waals surface area contributed by atoms with Crippen molar-refractivity contribution in [2.24, 2.45) is 0 Å². The fourth-order valence-corrected chi connectivity index (χ4v) is 2.96. The minimum absolute atomic E-state index is 0.266. The van der Waals surface area contributed by atoms with E-state index in [-0.39, 0.29) is 5.78 Å². The minimum atomic E-state index is 0.266. The number of aryl methyl sites for hydroxylation is 1. The molecule has 20 heavy (non-hydrogen) atoms. The predicted octanol–water partition coefficient (Wildman–Crippen LogP) is 4.03. The van der Waals surface area contributed by atoms with Gasteiger partial charge < -0.3 is 0 Å². The molecule has 0 unspecified atom stereocenters. The smallest absolute Gasteiger partial charge is 0.163 e. The second kappa shape index (κ2) is 4.27. The predicted molar refractivity (Wildman–Crippen MR) is 79.8 cm³/mol. The maximum Gasteiger partial charge on any atom is 0.163 e. The molecule has 1 aliphatic rings. The van der Waals surface area contributed by atoms with E-state index in [2.05, 4.69) is 35.3 Å². The summed E-state index contributed by atoms with van der Waals surface area (Å²) in [6.45, 7) is 0. The number of aromatic nitrogens is 1. The maximum atomic E-state index is 11.7. The standard InChI is InChI=1S/C18H13NO/c20-17-9-7-13-11-14(6-8-15(13)17)16-5-1-3-12-4-2-10-19-18(12)16/h1-6,8,10-11H,7,9H2. The van der Waals surface area contributed by atoms with Crippen LogP contribution in [0, 0.1) is 0 Å². The van der Waals surface area contributed by atoms with E-state index in [9.17, 15) is 4.79 Å². The Morgan fingerprint density at radius 1 is 0.900 bits per heavy atom. The summed E-state index contributed by atoms with van der Waals surface area (Å²) in [7, 11) is 0. The largest absolute Gasteiger partial charge is 0.294 e. The van der Waals surface area contributed by atoms with Crippen molar-refractivity contribution in [3.63, 3.8) is 0 Å². The van der Waals surface area contributed by atoms with Gasteiger partial charge in [-0.1, -0.05) is 42.5 Å². The molecule has 0 saturated heterocycles. The molecule has 0 bridgehead atoms. The van der Waals surface area contributed by atoms with Gasteiger partial charge in [-0.3, -0.25) is 9.78 Å². The molecule has 4 rings (SSSR count). The lowest BCUT2D eigenvalue weighted by molar-refractivity contribution is 0.0994. The van der Waals surface area contributed by atoms with Gasteiger partial charge in [0.15, 0.2) is 5.78 Å². The number of hydrogen-bond donors (Lipinski definition) is 0. The summed E-state index contributed by atoms with van der Waals surface area (Å²) in [5.41, 5.74) is 5.34. The number of nitrogens with zero attached hydrogens (tertiary/aromatic N) is 1.